The maximum absolute atomic E-state index is 13.0. The molecule has 8 nitrogen and oxygen atoms in total. The van der Waals surface area contributed by atoms with Crippen LogP contribution < -0.4 is 9.80 Å². The summed E-state index contributed by atoms with van der Waals surface area (Å²) in [7, 11) is 0. The Hall–Kier alpha value is -2.52. The molecule has 2 saturated heterocycles. The summed E-state index contributed by atoms with van der Waals surface area (Å²) in [6.07, 6.45) is 4.37. The van der Waals surface area contributed by atoms with Crippen LogP contribution in [-0.2, 0) is 9.59 Å². The molecule has 3 aliphatic rings. The number of nitrogens with zero attached hydrogens (tertiary/aromatic N) is 6. The lowest BCUT2D eigenvalue weighted by Gasteiger charge is -2.41. The molecular weight excluding hydrogens is 520 g/mol. The fraction of sp³-hybridized carbons (Fsp3) is 0.571. The highest BCUT2D eigenvalue weighted by Gasteiger charge is 2.33. The first-order chi connectivity index (χ1) is 18.4. The molecule has 1 aromatic carbocycles. The van der Waals surface area contributed by atoms with Crippen LogP contribution in [0.5, 0.6) is 0 Å². The van der Waals surface area contributed by atoms with Crippen molar-refractivity contribution in [1.82, 2.24) is 19.8 Å². The third-order valence-electron chi connectivity index (χ3n) is 8.01. The lowest BCUT2D eigenvalue weighted by atomic mass is 10.0. The van der Waals surface area contributed by atoms with Gasteiger partial charge in [0, 0.05) is 69.5 Å². The third kappa shape index (κ3) is 6.20. The summed E-state index contributed by atoms with van der Waals surface area (Å²) < 4.78 is 0. The number of hydrogen-bond donors (Lipinski definition) is 0. The lowest BCUT2D eigenvalue weighted by molar-refractivity contribution is -0.137. The Balaban J connectivity index is 1.14. The molecule has 2 amide bonds. The standard InChI is InChI=1S/C28H37ClN6O2S/c1-20-7-3-6-10-23(20)32-11-13-33(14-12-32)26(36)19-38-28-30-24(29)17-25(31-28)34-15-16-35(21(2)18-34)27(37)22-8-4-5-9-22/h3,6-7,10,17,21-22H,4-5,8-9,11-16,18-19H2,1-2H3. The molecule has 1 saturated carbocycles. The highest BCUT2D eigenvalue weighted by atomic mass is 35.5. The number of aryl methyl sites for hydroxylation is 1. The Morgan fingerprint density at radius 3 is 2.42 bits per heavy atom. The minimum absolute atomic E-state index is 0.0946. The summed E-state index contributed by atoms with van der Waals surface area (Å²) in [6.45, 7) is 9.40. The van der Waals surface area contributed by atoms with Crippen molar-refractivity contribution in [2.75, 3.05) is 61.4 Å². The average molecular weight is 557 g/mol. The van der Waals surface area contributed by atoms with Gasteiger partial charge in [-0.05, 0) is 38.3 Å². The number of benzene rings is 1. The van der Waals surface area contributed by atoms with Crippen LogP contribution >= 0.6 is 23.4 Å². The number of aromatic nitrogens is 2. The maximum atomic E-state index is 13.0. The molecule has 38 heavy (non-hydrogen) atoms. The predicted molar refractivity (Wildman–Crippen MR) is 153 cm³/mol. The summed E-state index contributed by atoms with van der Waals surface area (Å²) in [5.74, 6) is 1.64. The van der Waals surface area contributed by atoms with Gasteiger partial charge >= 0.3 is 0 Å². The topological polar surface area (TPSA) is 72.9 Å². The van der Waals surface area contributed by atoms with Gasteiger partial charge in [-0.3, -0.25) is 9.59 Å². The number of rotatable bonds is 6. The van der Waals surface area contributed by atoms with E-state index < -0.39 is 0 Å². The molecular formula is C28H37ClN6O2S. The number of piperazine rings is 2. The van der Waals surface area contributed by atoms with Crippen molar-refractivity contribution in [3.63, 3.8) is 0 Å². The normalized spacial score (nSPS) is 20.8. The van der Waals surface area contributed by atoms with E-state index in [0.717, 1.165) is 44.6 Å². The van der Waals surface area contributed by atoms with Crippen LogP contribution in [0.25, 0.3) is 0 Å². The summed E-state index contributed by atoms with van der Waals surface area (Å²) in [4.78, 5) is 43.5. The summed E-state index contributed by atoms with van der Waals surface area (Å²) in [5.41, 5.74) is 2.50. The average Bonchev–Trinajstić information content (AvgIpc) is 3.47. The van der Waals surface area contributed by atoms with E-state index in [-0.39, 0.29) is 23.6 Å². The van der Waals surface area contributed by atoms with Crippen molar-refractivity contribution in [2.24, 2.45) is 5.92 Å². The second-order valence-corrected chi connectivity index (χ2v) is 11.9. The molecule has 2 aliphatic heterocycles. The number of anilines is 2. The Kier molecular flexibility index (Phi) is 8.63. The minimum Gasteiger partial charge on any atom is -0.368 e. The first kappa shape index (κ1) is 27.1. The molecule has 0 radical (unpaired) electrons. The van der Waals surface area contributed by atoms with E-state index in [1.54, 1.807) is 6.07 Å². The first-order valence-electron chi connectivity index (χ1n) is 13.7. The molecule has 0 N–H and O–H groups in total. The molecule has 10 heteroatoms. The van der Waals surface area contributed by atoms with Crippen molar-refractivity contribution in [2.45, 2.75) is 50.7 Å². The van der Waals surface area contributed by atoms with Crippen molar-refractivity contribution in [3.8, 4) is 0 Å². The number of para-hydroxylation sites is 1. The quantitative estimate of drug-likeness (QED) is 0.301. The predicted octanol–water partition coefficient (Wildman–Crippen LogP) is 4.11. The zero-order chi connectivity index (χ0) is 26.6. The molecule has 5 rings (SSSR count). The van der Waals surface area contributed by atoms with Crippen LogP contribution in [0.15, 0.2) is 35.5 Å². The van der Waals surface area contributed by atoms with Crippen LogP contribution in [0, 0.1) is 12.8 Å². The van der Waals surface area contributed by atoms with Crippen molar-refractivity contribution in [1.29, 1.82) is 0 Å². The Bertz CT molecular complexity index is 1150. The van der Waals surface area contributed by atoms with Crippen LogP contribution in [0.1, 0.15) is 38.2 Å². The summed E-state index contributed by atoms with van der Waals surface area (Å²) in [6, 6.07) is 10.3. The Morgan fingerprint density at radius 2 is 1.71 bits per heavy atom. The van der Waals surface area contributed by atoms with E-state index in [0.29, 0.717) is 48.9 Å². The summed E-state index contributed by atoms with van der Waals surface area (Å²) >= 11 is 7.70. The molecule has 3 heterocycles. The number of hydrogen-bond acceptors (Lipinski definition) is 7. The second-order valence-electron chi connectivity index (χ2n) is 10.6. The number of amides is 2. The van der Waals surface area contributed by atoms with Gasteiger partial charge < -0.3 is 19.6 Å². The summed E-state index contributed by atoms with van der Waals surface area (Å²) in [5, 5.41) is 0.880. The van der Waals surface area contributed by atoms with Gasteiger partial charge in [0.2, 0.25) is 11.8 Å². The lowest BCUT2D eigenvalue weighted by Crippen LogP contribution is -2.55. The van der Waals surface area contributed by atoms with Crippen LogP contribution in [0.2, 0.25) is 5.15 Å². The van der Waals surface area contributed by atoms with Crippen LogP contribution in [0.3, 0.4) is 0 Å². The zero-order valence-corrected chi connectivity index (χ0v) is 23.9. The fourth-order valence-corrected chi connectivity index (χ4v) is 6.83. The molecule has 0 bridgehead atoms. The molecule has 1 atom stereocenters. The van der Waals surface area contributed by atoms with Crippen LogP contribution in [0.4, 0.5) is 11.5 Å². The van der Waals surface area contributed by atoms with Crippen molar-refractivity contribution in [3.05, 3.63) is 41.0 Å². The molecule has 204 valence electrons. The van der Waals surface area contributed by atoms with E-state index >= 15 is 0 Å². The van der Waals surface area contributed by atoms with Gasteiger partial charge in [-0.1, -0.05) is 54.4 Å². The number of halogens is 1. The van der Waals surface area contributed by atoms with E-state index in [9.17, 15) is 9.59 Å². The van der Waals surface area contributed by atoms with E-state index in [1.165, 1.54) is 23.0 Å². The van der Waals surface area contributed by atoms with E-state index in [1.807, 2.05) is 9.80 Å². The minimum atomic E-state index is 0.0946. The number of carbonyl (C=O) groups excluding carboxylic acids is 2. The Labute approximate surface area is 234 Å². The van der Waals surface area contributed by atoms with E-state index in [4.69, 9.17) is 16.6 Å². The zero-order valence-electron chi connectivity index (χ0n) is 22.3. The van der Waals surface area contributed by atoms with Gasteiger partial charge in [0.25, 0.3) is 0 Å². The number of thioether (sulfide) groups is 1. The monoisotopic (exact) mass is 556 g/mol. The molecule has 1 unspecified atom stereocenters. The van der Waals surface area contributed by atoms with Crippen LogP contribution in [-0.4, -0.2) is 89.2 Å². The number of carbonyl (C=O) groups is 2. The van der Waals surface area contributed by atoms with Gasteiger partial charge in [-0.25, -0.2) is 9.97 Å². The molecule has 3 fully saturated rings. The van der Waals surface area contributed by atoms with E-state index in [2.05, 4.69) is 52.9 Å². The van der Waals surface area contributed by atoms with Gasteiger partial charge in [-0.15, -0.1) is 0 Å². The smallest absolute Gasteiger partial charge is 0.233 e. The van der Waals surface area contributed by atoms with Gasteiger partial charge in [-0.2, -0.15) is 0 Å². The molecule has 0 spiro atoms. The first-order valence-corrected chi connectivity index (χ1v) is 15.1. The molecule has 2 aromatic rings. The van der Waals surface area contributed by atoms with Crippen molar-refractivity contribution >= 4 is 46.7 Å². The molecule has 1 aliphatic carbocycles. The van der Waals surface area contributed by atoms with Crippen molar-refractivity contribution < 1.29 is 9.59 Å². The molecule has 1 aromatic heterocycles. The maximum Gasteiger partial charge on any atom is 0.233 e. The second kappa shape index (κ2) is 12.1. The highest BCUT2D eigenvalue weighted by Crippen LogP contribution is 2.29. The third-order valence-corrected chi connectivity index (χ3v) is 9.04. The largest absolute Gasteiger partial charge is 0.368 e. The van der Waals surface area contributed by atoms with Gasteiger partial charge in [0.05, 0.1) is 5.75 Å². The highest BCUT2D eigenvalue weighted by molar-refractivity contribution is 7.99. The van der Waals surface area contributed by atoms with Gasteiger partial charge in [0.1, 0.15) is 11.0 Å². The SMILES string of the molecule is Cc1ccccc1N1CCN(C(=O)CSc2nc(Cl)cc(N3CCN(C(=O)C4CCCC4)C(C)C3)n2)CC1. The Morgan fingerprint density at radius 1 is 1.00 bits per heavy atom. The van der Waals surface area contributed by atoms with Gasteiger partial charge in [0.15, 0.2) is 5.16 Å². The fourth-order valence-electron chi connectivity index (χ4n) is 5.84.